The largest absolute Gasteiger partial charge is 0.335 e. The Morgan fingerprint density at radius 3 is 3.00 bits per heavy atom. The maximum absolute atomic E-state index is 4.63. The van der Waals surface area contributed by atoms with Crippen molar-refractivity contribution in [2.24, 2.45) is 5.92 Å². The summed E-state index contributed by atoms with van der Waals surface area (Å²) >= 11 is 0. The third kappa shape index (κ3) is 3.14. The summed E-state index contributed by atoms with van der Waals surface area (Å²) in [7, 11) is 0. The van der Waals surface area contributed by atoms with Gasteiger partial charge in [-0.05, 0) is 31.7 Å². The molecule has 0 radical (unpaired) electrons. The highest BCUT2D eigenvalue weighted by Crippen LogP contribution is 2.38. The fraction of sp³-hybridized carbons (Fsp3) is 0.800. The normalized spacial score (nSPS) is 24.0. The first-order valence-corrected chi connectivity index (χ1v) is 7.46. The minimum absolute atomic E-state index is 0.585. The van der Waals surface area contributed by atoms with Gasteiger partial charge in [0.1, 0.15) is 5.82 Å². The molecule has 1 N–H and O–H groups in total. The van der Waals surface area contributed by atoms with Crippen LogP contribution in [0.2, 0.25) is 0 Å². The molecule has 1 aromatic heterocycles. The van der Waals surface area contributed by atoms with Crippen LogP contribution in [0.5, 0.6) is 0 Å². The monoisotopic (exact) mass is 249 g/mol. The number of nitrogens with one attached hydrogen (secondary N) is 1. The second-order valence-electron chi connectivity index (χ2n) is 5.84. The smallest absolute Gasteiger partial charge is 0.112 e. The molecule has 1 heterocycles. The van der Waals surface area contributed by atoms with Crippen molar-refractivity contribution >= 4 is 0 Å². The topological polar surface area (TPSA) is 29.9 Å². The third-order valence-corrected chi connectivity index (χ3v) is 3.99. The van der Waals surface area contributed by atoms with Gasteiger partial charge >= 0.3 is 0 Å². The van der Waals surface area contributed by atoms with Gasteiger partial charge in [-0.2, -0.15) is 0 Å². The fourth-order valence-corrected chi connectivity index (χ4v) is 3.09. The summed E-state index contributed by atoms with van der Waals surface area (Å²) in [5, 5.41) is 3.59. The van der Waals surface area contributed by atoms with Gasteiger partial charge in [-0.1, -0.05) is 27.2 Å². The SMILES string of the molecule is CCCn1ccnc1C1CCCC1CNC(C)C. The molecule has 2 atom stereocenters. The van der Waals surface area contributed by atoms with Gasteiger partial charge in [0.15, 0.2) is 0 Å². The highest BCUT2D eigenvalue weighted by Gasteiger charge is 2.31. The molecular formula is C15H27N3. The molecule has 1 aliphatic carbocycles. The molecule has 1 aliphatic rings. The third-order valence-electron chi connectivity index (χ3n) is 3.99. The van der Waals surface area contributed by atoms with Crippen molar-refractivity contribution in [1.29, 1.82) is 0 Å². The highest BCUT2D eigenvalue weighted by molar-refractivity contribution is 5.05. The Bertz CT molecular complexity index is 356. The van der Waals surface area contributed by atoms with Crippen LogP contribution in [0, 0.1) is 5.92 Å². The van der Waals surface area contributed by atoms with Crippen LogP contribution in [-0.4, -0.2) is 22.1 Å². The van der Waals surface area contributed by atoms with E-state index in [9.17, 15) is 0 Å². The quantitative estimate of drug-likeness (QED) is 0.839. The van der Waals surface area contributed by atoms with E-state index in [-0.39, 0.29) is 0 Å². The van der Waals surface area contributed by atoms with Crippen LogP contribution in [0.1, 0.15) is 58.2 Å². The molecule has 0 amide bonds. The van der Waals surface area contributed by atoms with Gasteiger partial charge in [0.2, 0.25) is 0 Å². The summed E-state index contributed by atoms with van der Waals surface area (Å²) in [5.74, 6) is 2.76. The molecule has 3 heteroatoms. The Morgan fingerprint density at radius 2 is 2.28 bits per heavy atom. The molecule has 18 heavy (non-hydrogen) atoms. The van der Waals surface area contributed by atoms with Crippen molar-refractivity contribution in [2.75, 3.05) is 6.54 Å². The van der Waals surface area contributed by atoms with Crippen molar-refractivity contribution in [3.63, 3.8) is 0 Å². The van der Waals surface area contributed by atoms with Gasteiger partial charge < -0.3 is 9.88 Å². The Hall–Kier alpha value is -0.830. The van der Waals surface area contributed by atoms with Crippen molar-refractivity contribution in [1.82, 2.24) is 14.9 Å². The maximum Gasteiger partial charge on any atom is 0.112 e. The van der Waals surface area contributed by atoms with Gasteiger partial charge in [0.05, 0.1) is 0 Å². The van der Waals surface area contributed by atoms with Gasteiger partial charge in [-0.25, -0.2) is 4.98 Å². The predicted octanol–water partition coefficient (Wildman–Crippen LogP) is 3.17. The Labute approximate surface area is 111 Å². The van der Waals surface area contributed by atoms with Crippen molar-refractivity contribution in [3.05, 3.63) is 18.2 Å². The summed E-state index contributed by atoms with van der Waals surface area (Å²) < 4.78 is 2.36. The predicted molar refractivity (Wildman–Crippen MR) is 75.7 cm³/mol. The summed E-state index contributed by atoms with van der Waals surface area (Å²) in [6.45, 7) is 8.93. The summed E-state index contributed by atoms with van der Waals surface area (Å²) in [4.78, 5) is 4.63. The van der Waals surface area contributed by atoms with E-state index in [1.807, 2.05) is 6.20 Å². The summed E-state index contributed by atoms with van der Waals surface area (Å²) in [6, 6.07) is 0.585. The fourth-order valence-electron chi connectivity index (χ4n) is 3.09. The number of nitrogens with zero attached hydrogens (tertiary/aromatic N) is 2. The van der Waals surface area contributed by atoms with E-state index in [4.69, 9.17) is 0 Å². The standard InChI is InChI=1S/C15H27N3/c1-4-9-18-10-8-16-15(18)14-7-5-6-13(14)11-17-12(2)3/h8,10,12-14,17H,4-7,9,11H2,1-3H3. The lowest BCUT2D eigenvalue weighted by Crippen LogP contribution is -2.30. The molecule has 0 saturated heterocycles. The van der Waals surface area contributed by atoms with Crippen LogP contribution >= 0.6 is 0 Å². The van der Waals surface area contributed by atoms with E-state index in [2.05, 4.69) is 41.8 Å². The van der Waals surface area contributed by atoms with Gasteiger partial charge in [-0.15, -0.1) is 0 Å². The molecule has 0 aromatic carbocycles. The van der Waals surface area contributed by atoms with Gasteiger partial charge in [-0.3, -0.25) is 0 Å². The Morgan fingerprint density at radius 1 is 1.44 bits per heavy atom. The zero-order valence-electron chi connectivity index (χ0n) is 12.0. The molecule has 0 spiro atoms. The maximum atomic E-state index is 4.63. The second kappa shape index (κ2) is 6.37. The first kappa shape index (κ1) is 13.6. The molecule has 3 nitrogen and oxygen atoms in total. The van der Waals surface area contributed by atoms with Crippen LogP contribution in [0.15, 0.2) is 12.4 Å². The lowest BCUT2D eigenvalue weighted by Gasteiger charge is -2.22. The van der Waals surface area contributed by atoms with Crippen LogP contribution in [0.4, 0.5) is 0 Å². The first-order valence-electron chi connectivity index (χ1n) is 7.46. The number of imidazole rings is 1. The minimum atomic E-state index is 0.585. The summed E-state index contributed by atoms with van der Waals surface area (Å²) in [6.07, 6.45) is 9.31. The molecule has 1 aromatic rings. The highest BCUT2D eigenvalue weighted by atomic mass is 15.1. The average molecular weight is 249 g/mol. The zero-order valence-corrected chi connectivity index (χ0v) is 12.0. The molecule has 0 aliphatic heterocycles. The first-order chi connectivity index (χ1) is 8.72. The van der Waals surface area contributed by atoms with Crippen molar-refractivity contribution in [3.8, 4) is 0 Å². The second-order valence-corrected chi connectivity index (χ2v) is 5.84. The van der Waals surface area contributed by atoms with E-state index in [0.29, 0.717) is 12.0 Å². The Kier molecular flexibility index (Phi) is 4.81. The molecule has 2 rings (SSSR count). The Balaban J connectivity index is 2.03. The van der Waals surface area contributed by atoms with Gasteiger partial charge in [0, 0.05) is 30.9 Å². The lowest BCUT2D eigenvalue weighted by atomic mass is 9.94. The lowest BCUT2D eigenvalue weighted by molar-refractivity contribution is 0.402. The zero-order chi connectivity index (χ0) is 13.0. The molecule has 2 unspecified atom stereocenters. The molecule has 1 fully saturated rings. The van der Waals surface area contributed by atoms with E-state index >= 15 is 0 Å². The van der Waals surface area contributed by atoms with Crippen LogP contribution in [0.3, 0.4) is 0 Å². The number of aryl methyl sites for hydroxylation is 1. The van der Waals surface area contributed by atoms with E-state index in [1.165, 1.54) is 31.5 Å². The van der Waals surface area contributed by atoms with Crippen LogP contribution in [0.25, 0.3) is 0 Å². The van der Waals surface area contributed by atoms with Gasteiger partial charge in [0.25, 0.3) is 0 Å². The van der Waals surface area contributed by atoms with Crippen molar-refractivity contribution < 1.29 is 0 Å². The number of rotatable bonds is 6. The number of hydrogen-bond donors (Lipinski definition) is 1. The molecular weight excluding hydrogens is 222 g/mol. The average Bonchev–Trinajstić information content (AvgIpc) is 2.94. The van der Waals surface area contributed by atoms with E-state index in [0.717, 1.165) is 19.0 Å². The van der Waals surface area contributed by atoms with Crippen molar-refractivity contribution in [2.45, 2.75) is 65.0 Å². The molecule has 0 bridgehead atoms. The molecule has 102 valence electrons. The summed E-state index contributed by atoms with van der Waals surface area (Å²) in [5.41, 5.74) is 0. The van der Waals surface area contributed by atoms with Crippen LogP contribution in [-0.2, 0) is 6.54 Å². The van der Waals surface area contributed by atoms with E-state index in [1.54, 1.807) is 0 Å². The number of aromatic nitrogens is 2. The van der Waals surface area contributed by atoms with Crippen LogP contribution < -0.4 is 5.32 Å². The van der Waals surface area contributed by atoms with E-state index < -0.39 is 0 Å². The molecule has 1 saturated carbocycles. The number of hydrogen-bond acceptors (Lipinski definition) is 2. The minimum Gasteiger partial charge on any atom is -0.335 e.